The number of hydrogen-bond donors (Lipinski definition) is 3. The van der Waals surface area contributed by atoms with Crippen molar-refractivity contribution in [1.29, 1.82) is 0 Å². The van der Waals surface area contributed by atoms with Gasteiger partial charge in [0.15, 0.2) is 0 Å². The van der Waals surface area contributed by atoms with Crippen LogP contribution in [0, 0.1) is 0 Å². The van der Waals surface area contributed by atoms with Crippen LogP contribution < -0.4 is 16.8 Å². The van der Waals surface area contributed by atoms with Gasteiger partial charge < -0.3 is 35.7 Å². The Hall–Kier alpha value is -3.88. The molecule has 3 aromatic rings. The van der Waals surface area contributed by atoms with Crippen molar-refractivity contribution >= 4 is 29.1 Å². The minimum Gasteiger partial charge on any atom is -0.466 e. The fraction of sp³-hybridized carbons (Fsp3) is 0.370. The molecule has 1 aliphatic rings. The molecule has 0 aliphatic carbocycles. The van der Waals surface area contributed by atoms with E-state index < -0.39 is 12.0 Å². The van der Waals surface area contributed by atoms with E-state index in [-0.39, 0.29) is 18.8 Å². The van der Waals surface area contributed by atoms with Gasteiger partial charge in [0, 0.05) is 40.8 Å². The smallest absolute Gasteiger partial charge is 0.338 e. The molecule has 1 unspecified atom stereocenters. The molecule has 1 atom stereocenters. The number of benzene rings is 1. The van der Waals surface area contributed by atoms with E-state index in [9.17, 15) is 4.79 Å². The molecule has 0 saturated heterocycles. The standard InChI is InChI=1S/C27H33ClN8O5/c1-38-27(37)24-23(17-41-16-20-15-36(35-34-20)9-11-40-13-12-39-10-6-29)32-26(18-4-7-31-8-5-18)33-25(24)21-3-2-19(30)14-22(21)28/h2-5,7-8,14-15,25H,6,9-13,16-17,29-30H2,1H3,(H,32,33). The van der Waals surface area contributed by atoms with Gasteiger partial charge in [0.1, 0.15) is 17.6 Å². The molecule has 0 bridgehead atoms. The number of halogens is 1. The maximum Gasteiger partial charge on any atom is 0.338 e. The van der Waals surface area contributed by atoms with Crippen LogP contribution in [0.25, 0.3) is 0 Å². The van der Waals surface area contributed by atoms with Crippen molar-refractivity contribution in [3.63, 3.8) is 0 Å². The summed E-state index contributed by atoms with van der Waals surface area (Å²) >= 11 is 6.56. The average Bonchev–Trinajstić information content (AvgIpc) is 3.44. The SMILES string of the molecule is COC(=O)C1=C(COCc2cn(CCOCCOCCN)nn2)NC(c2ccncc2)=NC1c1ccc(N)cc1Cl. The van der Waals surface area contributed by atoms with Crippen LogP contribution in [0.3, 0.4) is 0 Å². The third-order valence-electron chi connectivity index (χ3n) is 5.99. The van der Waals surface area contributed by atoms with E-state index in [1.165, 1.54) is 7.11 Å². The average molecular weight is 585 g/mol. The fourth-order valence-corrected chi connectivity index (χ4v) is 4.33. The molecule has 0 saturated carbocycles. The number of rotatable bonds is 15. The lowest BCUT2D eigenvalue weighted by Crippen LogP contribution is -2.35. The molecule has 1 aliphatic heterocycles. The lowest BCUT2D eigenvalue weighted by atomic mass is 9.95. The van der Waals surface area contributed by atoms with Crippen molar-refractivity contribution in [2.75, 3.05) is 52.4 Å². The molecule has 13 nitrogen and oxygen atoms in total. The van der Waals surface area contributed by atoms with Gasteiger partial charge in [0.05, 0.1) is 70.8 Å². The Morgan fingerprint density at radius 1 is 1.07 bits per heavy atom. The van der Waals surface area contributed by atoms with E-state index >= 15 is 0 Å². The molecule has 5 N–H and O–H groups in total. The maximum absolute atomic E-state index is 13.0. The summed E-state index contributed by atoms with van der Waals surface area (Å²) in [5.41, 5.74) is 14.5. The van der Waals surface area contributed by atoms with E-state index in [4.69, 9.17) is 47.0 Å². The van der Waals surface area contributed by atoms with Gasteiger partial charge in [-0.2, -0.15) is 0 Å². The predicted molar refractivity (Wildman–Crippen MR) is 152 cm³/mol. The number of nitrogens with zero attached hydrogens (tertiary/aromatic N) is 5. The number of nitrogens with one attached hydrogen (secondary N) is 1. The summed E-state index contributed by atoms with van der Waals surface area (Å²) in [7, 11) is 1.31. The highest BCUT2D eigenvalue weighted by molar-refractivity contribution is 6.31. The van der Waals surface area contributed by atoms with Crippen LogP contribution in [0.5, 0.6) is 0 Å². The second-order valence-corrected chi connectivity index (χ2v) is 9.29. The Kier molecular flexibility index (Phi) is 11.2. The number of carbonyl (C=O) groups excluding carboxylic acids is 1. The number of amidine groups is 1. The number of ether oxygens (including phenoxy) is 4. The molecule has 0 spiro atoms. The molecule has 0 amide bonds. The first kappa shape index (κ1) is 30.1. The second kappa shape index (κ2) is 15.2. The van der Waals surface area contributed by atoms with Crippen molar-refractivity contribution in [2.45, 2.75) is 19.2 Å². The number of nitrogens with two attached hydrogens (primary N) is 2. The highest BCUT2D eigenvalue weighted by Crippen LogP contribution is 2.37. The summed E-state index contributed by atoms with van der Waals surface area (Å²) in [5, 5.41) is 11.9. The topological polar surface area (TPSA) is 174 Å². The number of aromatic nitrogens is 4. The van der Waals surface area contributed by atoms with Crippen LogP contribution in [0.2, 0.25) is 5.02 Å². The number of hydrogen-bond acceptors (Lipinski definition) is 12. The molecule has 0 radical (unpaired) electrons. The normalized spacial score (nSPS) is 15.0. The number of nitrogen functional groups attached to an aromatic ring is 1. The highest BCUT2D eigenvalue weighted by atomic mass is 35.5. The van der Waals surface area contributed by atoms with Crippen molar-refractivity contribution < 1.29 is 23.7 Å². The predicted octanol–water partition coefficient (Wildman–Crippen LogP) is 1.64. The zero-order valence-electron chi connectivity index (χ0n) is 22.7. The zero-order valence-corrected chi connectivity index (χ0v) is 23.4. The van der Waals surface area contributed by atoms with E-state index in [1.807, 2.05) is 12.1 Å². The van der Waals surface area contributed by atoms with Crippen molar-refractivity contribution in [3.05, 3.63) is 82.0 Å². The highest BCUT2D eigenvalue weighted by Gasteiger charge is 2.33. The molecule has 14 heteroatoms. The number of anilines is 1. The fourth-order valence-electron chi connectivity index (χ4n) is 4.04. The first-order chi connectivity index (χ1) is 20.0. The molecular formula is C27H33ClN8O5. The van der Waals surface area contributed by atoms with Gasteiger partial charge in [-0.3, -0.25) is 9.98 Å². The van der Waals surface area contributed by atoms with Crippen LogP contribution in [-0.4, -0.2) is 78.5 Å². The molecule has 3 heterocycles. The monoisotopic (exact) mass is 584 g/mol. The molecule has 41 heavy (non-hydrogen) atoms. The van der Waals surface area contributed by atoms with E-state index in [1.54, 1.807) is 41.5 Å². The molecule has 218 valence electrons. The number of carbonyl (C=O) groups is 1. The Morgan fingerprint density at radius 3 is 2.59 bits per heavy atom. The maximum atomic E-state index is 13.0. The molecule has 0 fully saturated rings. The zero-order chi connectivity index (χ0) is 29.0. The summed E-state index contributed by atoms with van der Waals surface area (Å²) < 4.78 is 23.6. The minimum absolute atomic E-state index is 0.0381. The first-order valence-electron chi connectivity index (χ1n) is 12.9. The van der Waals surface area contributed by atoms with Gasteiger partial charge in [-0.25, -0.2) is 9.48 Å². The van der Waals surface area contributed by atoms with Gasteiger partial charge in [0.2, 0.25) is 0 Å². The van der Waals surface area contributed by atoms with Gasteiger partial charge in [-0.15, -0.1) is 5.10 Å². The molecular weight excluding hydrogens is 552 g/mol. The lowest BCUT2D eigenvalue weighted by molar-refractivity contribution is -0.136. The summed E-state index contributed by atoms with van der Waals surface area (Å²) in [6.45, 7) is 3.14. The van der Waals surface area contributed by atoms with E-state index in [2.05, 4.69) is 20.6 Å². The van der Waals surface area contributed by atoms with Crippen LogP contribution in [0.15, 0.2) is 65.2 Å². The Morgan fingerprint density at radius 2 is 1.85 bits per heavy atom. The molecule has 4 rings (SSSR count). The van der Waals surface area contributed by atoms with Crippen molar-refractivity contribution in [1.82, 2.24) is 25.3 Å². The van der Waals surface area contributed by atoms with Gasteiger partial charge in [-0.1, -0.05) is 22.9 Å². The van der Waals surface area contributed by atoms with Gasteiger partial charge in [-0.05, 0) is 24.3 Å². The summed E-state index contributed by atoms with van der Waals surface area (Å²) in [6, 6.07) is 7.93. The first-order valence-corrected chi connectivity index (χ1v) is 13.3. The van der Waals surface area contributed by atoms with Crippen molar-refractivity contribution in [2.24, 2.45) is 10.7 Å². The van der Waals surface area contributed by atoms with Gasteiger partial charge in [0.25, 0.3) is 0 Å². The van der Waals surface area contributed by atoms with Crippen molar-refractivity contribution in [3.8, 4) is 0 Å². The van der Waals surface area contributed by atoms with E-state index in [0.717, 1.165) is 5.56 Å². The van der Waals surface area contributed by atoms with E-state index in [0.29, 0.717) is 73.0 Å². The minimum atomic E-state index is -0.764. The molecule has 2 aromatic heterocycles. The van der Waals surface area contributed by atoms with Crippen LogP contribution in [-0.2, 0) is 36.9 Å². The van der Waals surface area contributed by atoms with Crippen LogP contribution in [0.1, 0.15) is 22.9 Å². The lowest BCUT2D eigenvalue weighted by Gasteiger charge is -2.28. The Labute approximate surface area is 242 Å². The second-order valence-electron chi connectivity index (χ2n) is 8.89. The summed E-state index contributed by atoms with van der Waals surface area (Å²) in [6.07, 6.45) is 5.09. The van der Waals surface area contributed by atoms with Gasteiger partial charge >= 0.3 is 5.97 Å². The quantitative estimate of drug-likeness (QED) is 0.134. The van der Waals surface area contributed by atoms with Crippen LogP contribution >= 0.6 is 11.6 Å². The number of methoxy groups -OCH3 is 1. The number of esters is 1. The Bertz CT molecular complexity index is 1360. The third-order valence-corrected chi connectivity index (χ3v) is 6.31. The number of pyridine rings is 1. The summed E-state index contributed by atoms with van der Waals surface area (Å²) in [4.78, 5) is 21.9. The Balaban J connectivity index is 1.47. The largest absolute Gasteiger partial charge is 0.466 e. The molecule has 1 aromatic carbocycles. The number of aliphatic imine (C=N–C) groups is 1. The van der Waals surface area contributed by atoms with Crippen LogP contribution in [0.4, 0.5) is 5.69 Å². The third kappa shape index (κ3) is 8.31. The summed E-state index contributed by atoms with van der Waals surface area (Å²) in [5.74, 6) is -0.0400.